The van der Waals surface area contributed by atoms with Gasteiger partial charge in [-0.1, -0.05) is 46.0 Å². The van der Waals surface area contributed by atoms with E-state index in [0.29, 0.717) is 31.5 Å². The number of ether oxygens (including phenoxy) is 3. The van der Waals surface area contributed by atoms with E-state index >= 15 is 0 Å². The van der Waals surface area contributed by atoms with E-state index in [4.69, 9.17) is 19.9 Å². The van der Waals surface area contributed by atoms with Gasteiger partial charge in [-0.05, 0) is 18.3 Å². The van der Waals surface area contributed by atoms with E-state index < -0.39 is 6.10 Å². The Hall–Kier alpha value is -0.200. The molecule has 0 aliphatic heterocycles. The zero-order valence-electron chi connectivity index (χ0n) is 15.2. The molecule has 1 aliphatic rings. The molecule has 0 unspecified atom stereocenters. The van der Waals surface area contributed by atoms with Crippen LogP contribution in [0.4, 0.5) is 0 Å². The topological polar surface area (TPSA) is 73.9 Å². The van der Waals surface area contributed by atoms with Crippen molar-refractivity contribution in [3.05, 3.63) is 0 Å². The average Bonchev–Trinajstić information content (AvgIpc) is 2.54. The number of hydrogen-bond acceptors (Lipinski definition) is 5. The third kappa shape index (κ3) is 9.01. The van der Waals surface area contributed by atoms with Crippen molar-refractivity contribution in [3.8, 4) is 0 Å². The summed E-state index contributed by atoms with van der Waals surface area (Å²) in [5, 5.41) is 10.4. The molecule has 0 aromatic heterocycles. The molecule has 0 radical (unpaired) electrons. The third-order valence-corrected chi connectivity index (χ3v) is 4.84. The predicted octanol–water partition coefficient (Wildman–Crippen LogP) is 2.70. The second kappa shape index (κ2) is 12.2. The maximum atomic E-state index is 10.4. The molecule has 5 nitrogen and oxygen atoms in total. The van der Waals surface area contributed by atoms with Gasteiger partial charge in [0.2, 0.25) is 0 Å². The number of nitrogens with two attached hydrogens (primary N) is 1. The van der Waals surface area contributed by atoms with Crippen LogP contribution in [0.2, 0.25) is 0 Å². The highest BCUT2D eigenvalue weighted by atomic mass is 16.7. The van der Waals surface area contributed by atoms with Crippen LogP contribution < -0.4 is 5.73 Å². The van der Waals surface area contributed by atoms with Crippen molar-refractivity contribution >= 4 is 0 Å². The molecule has 0 aromatic carbocycles. The average molecular weight is 331 g/mol. The molecule has 1 saturated carbocycles. The number of aliphatic hydroxyl groups is 1. The monoisotopic (exact) mass is 331 g/mol. The normalized spacial score (nSPS) is 20.6. The molecule has 138 valence electrons. The van der Waals surface area contributed by atoms with Crippen molar-refractivity contribution in [1.29, 1.82) is 0 Å². The van der Waals surface area contributed by atoms with E-state index in [0.717, 1.165) is 6.42 Å². The SMILES string of the molecule is COCCOCO[C@@H](C[C@H](O)[C@@H](N)CC1CCCCC1)C(C)C. The lowest BCUT2D eigenvalue weighted by molar-refractivity contribution is -0.120. The van der Waals surface area contributed by atoms with Crippen LogP contribution >= 0.6 is 0 Å². The van der Waals surface area contributed by atoms with Gasteiger partial charge in [0.1, 0.15) is 6.79 Å². The first-order chi connectivity index (χ1) is 11.0. The first kappa shape index (κ1) is 20.8. The van der Waals surface area contributed by atoms with Crippen molar-refractivity contribution < 1.29 is 19.3 Å². The lowest BCUT2D eigenvalue weighted by atomic mass is 9.83. The summed E-state index contributed by atoms with van der Waals surface area (Å²) in [6.07, 6.45) is 7.44. The summed E-state index contributed by atoms with van der Waals surface area (Å²) in [5.74, 6) is 1.00. The van der Waals surface area contributed by atoms with Crippen molar-refractivity contribution in [1.82, 2.24) is 0 Å². The van der Waals surface area contributed by atoms with Crippen molar-refractivity contribution in [2.75, 3.05) is 27.1 Å². The molecule has 0 amide bonds. The van der Waals surface area contributed by atoms with Crippen molar-refractivity contribution in [3.63, 3.8) is 0 Å². The zero-order valence-corrected chi connectivity index (χ0v) is 15.2. The first-order valence-corrected chi connectivity index (χ1v) is 9.16. The van der Waals surface area contributed by atoms with Gasteiger partial charge < -0.3 is 25.1 Å². The van der Waals surface area contributed by atoms with E-state index in [1.807, 2.05) is 0 Å². The second-order valence-electron chi connectivity index (χ2n) is 7.17. The van der Waals surface area contributed by atoms with E-state index in [9.17, 15) is 5.11 Å². The first-order valence-electron chi connectivity index (χ1n) is 9.16. The second-order valence-corrected chi connectivity index (χ2v) is 7.17. The Morgan fingerprint density at radius 2 is 1.83 bits per heavy atom. The van der Waals surface area contributed by atoms with Gasteiger partial charge in [-0.3, -0.25) is 0 Å². The largest absolute Gasteiger partial charge is 0.391 e. The van der Waals surface area contributed by atoms with Crippen LogP contribution in [-0.4, -0.2) is 50.5 Å². The molecule has 23 heavy (non-hydrogen) atoms. The highest BCUT2D eigenvalue weighted by Gasteiger charge is 2.25. The molecule has 0 saturated heterocycles. The molecule has 0 aromatic rings. The Bertz CT molecular complexity index is 282. The fourth-order valence-electron chi connectivity index (χ4n) is 3.25. The van der Waals surface area contributed by atoms with Crippen LogP contribution in [0.3, 0.4) is 0 Å². The molecule has 5 heteroatoms. The zero-order chi connectivity index (χ0) is 17.1. The third-order valence-electron chi connectivity index (χ3n) is 4.84. The van der Waals surface area contributed by atoms with Gasteiger partial charge >= 0.3 is 0 Å². The minimum Gasteiger partial charge on any atom is -0.391 e. The minimum absolute atomic E-state index is 0.0371. The van der Waals surface area contributed by atoms with Crippen LogP contribution in [0.25, 0.3) is 0 Å². The summed E-state index contributed by atoms with van der Waals surface area (Å²) in [4.78, 5) is 0. The maximum absolute atomic E-state index is 10.4. The summed E-state index contributed by atoms with van der Waals surface area (Å²) >= 11 is 0. The smallest absolute Gasteiger partial charge is 0.147 e. The molecule has 0 spiro atoms. The van der Waals surface area contributed by atoms with Gasteiger partial charge in [-0.2, -0.15) is 0 Å². The Kier molecular flexibility index (Phi) is 11.1. The molecule has 3 atom stereocenters. The number of rotatable bonds is 12. The number of aliphatic hydroxyl groups excluding tert-OH is 1. The van der Waals surface area contributed by atoms with Crippen LogP contribution in [0, 0.1) is 11.8 Å². The molecule has 1 aliphatic carbocycles. The quantitative estimate of drug-likeness (QED) is 0.425. The maximum Gasteiger partial charge on any atom is 0.147 e. The standard InChI is InChI=1S/C18H37NO4/c1-14(2)18(23-13-22-10-9-21-3)12-17(20)16(19)11-15-7-5-4-6-8-15/h14-18,20H,4-13,19H2,1-3H3/t16-,17-,18-/m0/s1. The van der Waals surface area contributed by atoms with E-state index in [1.165, 1.54) is 32.1 Å². The van der Waals surface area contributed by atoms with Gasteiger partial charge in [0.25, 0.3) is 0 Å². The van der Waals surface area contributed by atoms with Crippen molar-refractivity contribution in [2.24, 2.45) is 17.6 Å². The van der Waals surface area contributed by atoms with E-state index in [1.54, 1.807) is 7.11 Å². The van der Waals surface area contributed by atoms with Gasteiger partial charge in [-0.25, -0.2) is 0 Å². The summed E-state index contributed by atoms with van der Waals surface area (Å²) < 4.78 is 16.1. The Balaban J connectivity index is 2.29. The number of methoxy groups -OCH3 is 1. The van der Waals surface area contributed by atoms with E-state index in [-0.39, 0.29) is 18.9 Å². The lowest BCUT2D eigenvalue weighted by Crippen LogP contribution is -2.40. The molecular formula is C18H37NO4. The lowest BCUT2D eigenvalue weighted by Gasteiger charge is -2.30. The highest BCUT2D eigenvalue weighted by molar-refractivity contribution is 4.80. The van der Waals surface area contributed by atoms with Gasteiger partial charge in [0.05, 0.1) is 25.4 Å². The highest BCUT2D eigenvalue weighted by Crippen LogP contribution is 2.28. The number of hydrogen-bond donors (Lipinski definition) is 2. The van der Waals surface area contributed by atoms with Crippen molar-refractivity contribution in [2.45, 2.75) is 77.0 Å². The summed E-state index contributed by atoms with van der Waals surface area (Å²) in [6.45, 7) is 5.50. The van der Waals surface area contributed by atoms with Gasteiger partial charge in [-0.15, -0.1) is 0 Å². The van der Waals surface area contributed by atoms with Crippen LogP contribution in [0.5, 0.6) is 0 Å². The fourth-order valence-corrected chi connectivity index (χ4v) is 3.25. The molecule has 1 rings (SSSR count). The van der Waals surface area contributed by atoms with Crippen LogP contribution in [0.15, 0.2) is 0 Å². The molecular weight excluding hydrogens is 294 g/mol. The van der Waals surface area contributed by atoms with E-state index in [2.05, 4.69) is 13.8 Å². The molecule has 1 fully saturated rings. The molecule has 0 heterocycles. The predicted molar refractivity (Wildman–Crippen MR) is 92.2 cm³/mol. The molecule has 0 bridgehead atoms. The molecule has 3 N–H and O–H groups in total. The summed E-state index contributed by atoms with van der Waals surface area (Å²) in [7, 11) is 1.64. The fraction of sp³-hybridized carbons (Fsp3) is 1.00. The minimum atomic E-state index is -0.511. The Morgan fingerprint density at radius 1 is 1.13 bits per heavy atom. The van der Waals surface area contributed by atoms with Gasteiger partial charge in [0.15, 0.2) is 0 Å². The van der Waals surface area contributed by atoms with Crippen LogP contribution in [-0.2, 0) is 14.2 Å². The van der Waals surface area contributed by atoms with Crippen LogP contribution in [0.1, 0.15) is 58.8 Å². The van der Waals surface area contributed by atoms with Gasteiger partial charge in [0, 0.05) is 19.6 Å². The Morgan fingerprint density at radius 3 is 2.43 bits per heavy atom. The Labute approximate surface area is 141 Å². The summed E-state index contributed by atoms with van der Waals surface area (Å²) in [6, 6.07) is -0.155. The summed E-state index contributed by atoms with van der Waals surface area (Å²) in [5.41, 5.74) is 6.24.